The molecule has 2 rings (SSSR count). The Morgan fingerprint density at radius 3 is 2.02 bits per heavy atom. The van der Waals surface area contributed by atoms with Crippen LogP contribution in [-0.2, 0) is 29.8 Å². The van der Waals surface area contributed by atoms with E-state index in [-0.39, 0.29) is 35.1 Å². The first-order valence-electron chi connectivity index (χ1n) is 15.4. The molecule has 0 aromatic heterocycles. The third-order valence-corrected chi connectivity index (χ3v) is 10.2. The van der Waals surface area contributed by atoms with Crippen LogP contribution in [0.5, 0.6) is 0 Å². The number of rotatable bonds is 13. The lowest BCUT2D eigenvalue weighted by Gasteiger charge is -2.40. The molecule has 1 aliphatic carbocycles. The van der Waals surface area contributed by atoms with Crippen molar-refractivity contribution >= 4 is 27.7 Å². The Labute approximate surface area is 259 Å². The monoisotopic (exact) mass is 618 g/mol. The molecule has 3 N–H and O–H groups in total. The standard InChI is InChI=1S/C33H54N4O5S/c1-22(2)26(21-23(3)29(38)36-43(41,42)25-19-15-12-16-20-25)37(10)31(40)28(32(4,5)6)35-30(39)27(34-9)33(7,8)24-17-13-11-14-18-24/h11,13-14,17-19,22-23,26-28,34H,12,15-16,20-21H2,1-10H3,(H,35,39)(H,36,38)/t23?,26-,27-,28-/m1/s1. The Hall–Kier alpha value is -2.72. The van der Waals surface area contributed by atoms with Gasteiger partial charge in [-0.15, -0.1) is 0 Å². The molecule has 1 aromatic carbocycles. The third-order valence-electron chi connectivity index (χ3n) is 8.68. The van der Waals surface area contributed by atoms with E-state index in [2.05, 4.69) is 15.4 Å². The molecule has 3 amide bonds. The van der Waals surface area contributed by atoms with Gasteiger partial charge in [-0.05, 0) is 56.0 Å². The Morgan fingerprint density at radius 2 is 1.53 bits per heavy atom. The van der Waals surface area contributed by atoms with Gasteiger partial charge in [-0.2, -0.15) is 0 Å². The van der Waals surface area contributed by atoms with Gasteiger partial charge in [0.2, 0.25) is 17.7 Å². The smallest absolute Gasteiger partial charge is 0.259 e. The summed E-state index contributed by atoms with van der Waals surface area (Å²) in [6.07, 6.45) is 4.80. The number of allylic oxidation sites excluding steroid dienone is 2. The first kappa shape index (κ1) is 36.5. The molecule has 0 heterocycles. The van der Waals surface area contributed by atoms with Crippen molar-refractivity contribution in [3.63, 3.8) is 0 Å². The lowest BCUT2D eigenvalue weighted by atomic mass is 9.76. The van der Waals surface area contributed by atoms with Gasteiger partial charge < -0.3 is 15.5 Å². The van der Waals surface area contributed by atoms with E-state index in [1.54, 1.807) is 32.0 Å². The minimum atomic E-state index is -3.88. The minimum Gasteiger partial charge on any atom is -0.342 e. The zero-order chi connectivity index (χ0) is 32.8. The molecule has 1 aliphatic rings. The second-order valence-corrected chi connectivity index (χ2v) is 15.6. The van der Waals surface area contributed by atoms with Crippen LogP contribution in [0.2, 0.25) is 0 Å². The number of sulfonamides is 1. The molecule has 0 saturated heterocycles. The molecule has 0 bridgehead atoms. The maximum Gasteiger partial charge on any atom is 0.259 e. The molecule has 242 valence electrons. The third kappa shape index (κ3) is 9.38. The molecule has 43 heavy (non-hydrogen) atoms. The van der Waals surface area contributed by atoms with Gasteiger partial charge in [-0.1, -0.05) is 91.8 Å². The van der Waals surface area contributed by atoms with Gasteiger partial charge in [0.15, 0.2) is 0 Å². The van der Waals surface area contributed by atoms with Crippen molar-refractivity contribution in [3.8, 4) is 0 Å². The summed E-state index contributed by atoms with van der Waals surface area (Å²) < 4.78 is 27.8. The summed E-state index contributed by atoms with van der Waals surface area (Å²) in [7, 11) is -0.455. The van der Waals surface area contributed by atoms with Gasteiger partial charge in [-0.25, -0.2) is 13.1 Å². The first-order chi connectivity index (χ1) is 19.8. The van der Waals surface area contributed by atoms with Crippen LogP contribution >= 0.6 is 0 Å². The average molecular weight is 619 g/mol. The fourth-order valence-corrected chi connectivity index (χ4v) is 7.14. The average Bonchev–Trinajstić information content (AvgIpc) is 2.93. The Bertz CT molecular complexity index is 1250. The number of nitrogens with one attached hydrogen (secondary N) is 3. The van der Waals surface area contributed by atoms with Gasteiger partial charge in [0.25, 0.3) is 10.0 Å². The quantitative estimate of drug-likeness (QED) is 0.299. The Morgan fingerprint density at radius 1 is 0.930 bits per heavy atom. The van der Waals surface area contributed by atoms with Crippen molar-refractivity contribution in [2.24, 2.45) is 17.3 Å². The Kier molecular flexibility index (Phi) is 12.6. The second kappa shape index (κ2) is 14.8. The molecule has 10 heteroatoms. The van der Waals surface area contributed by atoms with E-state index in [1.807, 2.05) is 78.8 Å². The highest BCUT2D eigenvalue weighted by atomic mass is 32.2. The van der Waals surface area contributed by atoms with Crippen molar-refractivity contribution in [1.29, 1.82) is 0 Å². The van der Waals surface area contributed by atoms with Crippen LogP contribution in [0, 0.1) is 17.3 Å². The topological polar surface area (TPSA) is 125 Å². The first-order valence-corrected chi connectivity index (χ1v) is 16.9. The van der Waals surface area contributed by atoms with E-state index in [0.717, 1.165) is 18.4 Å². The fourth-order valence-electron chi connectivity index (χ4n) is 5.79. The number of carbonyl (C=O) groups is 3. The van der Waals surface area contributed by atoms with Crippen LogP contribution in [0.3, 0.4) is 0 Å². The van der Waals surface area contributed by atoms with Crippen LogP contribution in [0.15, 0.2) is 41.3 Å². The molecular weight excluding hydrogens is 564 g/mol. The van der Waals surface area contributed by atoms with Crippen LogP contribution < -0.4 is 15.4 Å². The predicted octanol–water partition coefficient (Wildman–Crippen LogP) is 4.50. The second-order valence-electron chi connectivity index (χ2n) is 13.9. The molecule has 1 unspecified atom stereocenters. The van der Waals surface area contributed by atoms with E-state index >= 15 is 0 Å². The SMILES string of the molecule is CN[C@H](C(=O)N[C@H](C(=O)N(C)[C@H](CC(C)C(=O)NS(=O)(=O)C1=CCCCC1)C(C)C)C(C)(C)C)C(C)(C)c1ccccc1. The maximum atomic E-state index is 14.1. The highest BCUT2D eigenvalue weighted by molar-refractivity contribution is 7.93. The number of amides is 3. The normalized spacial score (nSPS) is 17.3. The zero-order valence-electron chi connectivity index (χ0n) is 27.8. The van der Waals surface area contributed by atoms with E-state index in [9.17, 15) is 22.8 Å². The maximum absolute atomic E-state index is 14.1. The number of hydrogen-bond acceptors (Lipinski definition) is 6. The largest absolute Gasteiger partial charge is 0.342 e. The van der Waals surface area contributed by atoms with E-state index in [0.29, 0.717) is 12.8 Å². The summed E-state index contributed by atoms with van der Waals surface area (Å²) in [6, 6.07) is 7.97. The highest BCUT2D eigenvalue weighted by Gasteiger charge is 2.42. The highest BCUT2D eigenvalue weighted by Crippen LogP contribution is 2.30. The molecule has 1 aromatic rings. The van der Waals surface area contributed by atoms with Crippen molar-refractivity contribution < 1.29 is 22.8 Å². The van der Waals surface area contributed by atoms with Crippen molar-refractivity contribution in [2.45, 2.75) is 111 Å². The Balaban J connectivity index is 2.24. The van der Waals surface area contributed by atoms with Crippen molar-refractivity contribution in [3.05, 3.63) is 46.9 Å². The lowest BCUT2D eigenvalue weighted by Crippen LogP contribution is -2.61. The van der Waals surface area contributed by atoms with E-state index in [4.69, 9.17) is 0 Å². The zero-order valence-corrected chi connectivity index (χ0v) is 28.6. The summed E-state index contributed by atoms with van der Waals surface area (Å²) in [6.45, 7) is 15.3. The molecule has 0 spiro atoms. The molecule has 4 atom stereocenters. The number of likely N-dealkylation sites (N-methyl/N-ethyl adjacent to an activating group) is 2. The molecule has 0 radical (unpaired) electrons. The van der Waals surface area contributed by atoms with Gasteiger partial charge >= 0.3 is 0 Å². The summed E-state index contributed by atoms with van der Waals surface area (Å²) in [4.78, 5) is 42.7. The van der Waals surface area contributed by atoms with Crippen LogP contribution in [0.1, 0.15) is 93.1 Å². The molecular formula is C33H54N4O5S. The molecule has 0 fully saturated rings. The van der Waals surface area contributed by atoms with Gasteiger partial charge in [0.05, 0.1) is 10.9 Å². The molecule has 9 nitrogen and oxygen atoms in total. The summed E-state index contributed by atoms with van der Waals surface area (Å²) in [5, 5.41) is 6.20. The summed E-state index contributed by atoms with van der Waals surface area (Å²) in [5.74, 6) is -1.82. The molecule has 0 aliphatic heterocycles. The van der Waals surface area contributed by atoms with Crippen molar-refractivity contribution in [2.75, 3.05) is 14.1 Å². The minimum absolute atomic E-state index is 0.0275. The number of nitrogens with zero attached hydrogens (tertiary/aromatic N) is 1. The van der Waals surface area contributed by atoms with E-state index < -0.39 is 44.8 Å². The van der Waals surface area contributed by atoms with Crippen LogP contribution in [0.25, 0.3) is 0 Å². The number of carbonyl (C=O) groups excluding carboxylic acids is 3. The van der Waals surface area contributed by atoms with Crippen LogP contribution in [0.4, 0.5) is 0 Å². The van der Waals surface area contributed by atoms with Crippen molar-refractivity contribution in [1.82, 2.24) is 20.3 Å². The lowest BCUT2D eigenvalue weighted by molar-refractivity contribution is -0.142. The number of hydrogen-bond donors (Lipinski definition) is 3. The summed E-state index contributed by atoms with van der Waals surface area (Å²) in [5.41, 5.74) is -0.175. The fraction of sp³-hybridized carbons (Fsp3) is 0.667. The van der Waals surface area contributed by atoms with E-state index in [1.165, 1.54) is 0 Å². The molecule has 0 saturated carbocycles. The number of benzene rings is 1. The van der Waals surface area contributed by atoms with Crippen LogP contribution in [-0.4, -0.2) is 63.3 Å². The summed E-state index contributed by atoms with van der Waals surface area (Å²) >= 11 is 0. The predicted molar refractivity (Wildman–Crippen MR) is 172 cm³/mol. The van der Waals surface area contributed by atoms with Gasteiger partial charge in [-0.3, -0.25) is 14.4 Å². The van der Waals surface area contributed by atoms with Gasteiger partial charge in [0.1, 0.15) is 6.04 Å². The van der Waals surface area contributed by atoms with Gasteiger partial charge in [0, 0.05) is 24.4 Å².